The van der Waals surface area contributed by atoms with Crippen LogP contribution in [0.1, 0.15) is 23.3 Å². The molecule has 1 amide bonds. The van der Waals surface area contributed by atoms with Crippen molar-refractivity contribution in [3.8, 4) is 0 Å². The van der Waals surface area contributed by atoms with Gasteiger partial charge < -0.3 is 0 Å². The number of rotatable bonds is 3. The zero-order valence-electron chi connectivity index (χ0n) is 10.3. The summed E-state index contributed by atoms with van der Waals surface area (Å²) >= 11 is 0. The van der Waals surface area contributed by atoms with Gasteiger partial charge in [0.25, 0.3) is 5.91 Å². The van der Waals surface area contributed by atoms with Crippen LogP contribution in [0.5, 0.6) is 0 Å². The first-order valence-electron chi connectivity index (χ1n) is 5.58. The summed E-state index contributed by atoms with van der Waals surface area (Å²) in [4.78, 5) is 16.2. The first-order valence-corrected chi connectivity index (χ1v) is 5.58. The quantitative estimate of drug-likeness (QED) is 0.467. The fourth-order valence-electron chi connectivity index (χ4n) is 1.90. The average molecular weight is 245 g/mol. The molecule has 1 atom stereocenters. The molecule has 1 unspecified atom stereocenters. The average Bonchev–Trinajstić information content (AvgIpc) is 2.70. The summed E-state index contributed by atoms with van der Waals surface area (Å²) < 4.78 is 1.58. The first-order chi connectivity index (χ1) is 8.63. The number of aryl methyl sites for hydroxylation is 2. The second kappa shape index (κ2) is 4.97. The largest absolute Gasteiger partial charge is 0.292 e. The van der Waals surface area contributed by atoms with Crippen molar-refractivity contribution >= 4 is 5.91 Å². The summed E-state index contributed by atoms with van der Waals surface area (Å²) in [7, 11) is 0. The number of hydrogen-bond donors (Lipinski definition) is 2. The monoisotopic (exact) mass is 245 g/mol. The van der Waals surface area contributed by atoms with Crippen molar-refractivity contribution in [3.63, 3.8) is 0 Å². The van der Waals surface area contributed by atoms with E-state index in [4.69, 9.17) is 5.84 Å². The molecule has 0 saturated heterocycles. The first kappa shape index (κ1) is 12.3. The zero-order valence-corrected chi connectivity index (χ0v) is 10.3. The van der Waals surface area contributed by atoms with E-state index in [1.165, 1.54) is 0 Å². The summed E-state index contributed by atoms with van der Waals surface area (Å²) in [5.41, 5.74) is 2.98. The van der Waals surface area contributed by atoms with E-state index in [-0.39, 0.29) is 5.91 Å². The van der Waals surface area contributed by atoms with Gasteiger partial charge >= 0.3 is 0 Å². The van der Waals surface area contributed by atoms with E-state index in [0.29, 0.717) is 11.6 Å². The lowest BCUT2D eigenvalue weighted by Gasteiger charge is -2.16. The molecule has 0 aliphatic rings. The normalized spacial score (nSPS) is 12.2. The van der Waals surface area contributed by atoms with Crippen LogP contribution in [0, 0.1) is 13.8 Å². The molecule has 6 nitrogen and oxygen atoms in total. The highest BCUT2D eigenvalue weighted by Crippen LogP contribution is 2.18. The Morgan fingerprint density at radius 1 is 1.33 bits per heavy atom. The van der Waals surface area contributed by atoms with Gasteiger partial charge in [-0.25, -0.2) is 15.5 Å². The number of nitrogens with one attached hydrogen (secondary N) is 1. The third kappa shape index (κ3) is 2.23. The molecule has 1 aromatic heterocycles. The predicted molar refractivity (Wildman–Crippen MR) is 66.4 cm³/mol. The number of hydrazine groups is 1. The number of aromatic nitrogens is 3. The topological polar surface area (TPSA) is 85.8 Å². The fourth-order valence-corrected chi connectivity index (χ4v) is 1.90. The summed E-state index contributed by atoms with van der Waals surface area (Å²) in [5.74, 6) is 6.21. The van der Waals surface area contributed by atoms with Crippen molar-refractivity contribution in [1.82, 2.24) is 20.2 Å². The van der Waals surface area contributed by atoms with E-state index in [2.05, 4.69) is 15.5 Å². The Balaban J connectivity index is 2.50. The number of benzene rings is 1. The van der Waals surface area contributed by atoms with Crippen LogP contribution in [0.25, 0.3) is 0 Å². The highest BCUT2D eigenvalue weighted by molar-refractivity contribution is 5.82. The van der Waals surface area contributed by atoms with Gasteiger partial charge in [0.2, 0.25) is 0 Å². The van der Waals surface area contributed by atoms with E-state index in [1.807, 2.05) is 30.3 Å². The van der Waals surface area contributed by atoms with Gasteiger partial charge in [0.1, 0.15) is 11.6 Å². The molecule has 3 N–H and O–H groups in total. The molecule has 0 saturated carbocycles. The van der Waals surface area contributed by atoms with Crippen LogP contribution in [0.2, 0.25) is 0 Å². The minimum atomic E-state index is -0.600. The maximum atomic E-state index is 11.9. The smallest absolute Gasteiger partial charge is 0.263 e. The standard InChI is InChI=1S/C12H15N5O/c1-8-14-9(2)17(16-8)11(12(18)15-13)10-6-4-3-5-7-10/h3-7,11H,13H2,1-2H3,(H,15,18). The molecule has 2 rings (SSSR count). The Morgan fingerprint density at radius 3 is 2.50 bits per heavy atom. The number of nitrogens with two attached hydrogens (primary N) is 1. The lowest BCUT2D eigenvalue weighted by atomic mass is 10.1. The number of amides is 1. The molecular weight excluding hydrogens is 230 g/mol. The summed E-state index contributed by atoms with van der Waals surface area (Å²) in [5, 5.41) is 4.25. The van der Waals surface area contributed by atoms with Crippen LogP contribution < -0.4 is 11.3 Å². The van der Waals surface area contributed by atoms with Crippen LogP contribution in [0.3, 0.4) is 0 Å². The van der Waals surface area contributed by atoms with Gasteiger partial charge in [0, 0.05) is 0 Å². The van der Waals surface area contributed by atoms with Gasteiger partial charge in [0.15, 0.2) is 6.04 Å². The summed E-state index contributed by atoms with van der Waals surface area (Å²) in [6, 6.07) is 8.74. The molecular formula is C12H15N5O. The number of carbonyl (C=O) groups excluding carboxylic acids is 1. The SMILES string of the molecule is Cc1nc(C)n(C(C(=O)NN)c2ccccc2)n1. The van der Waals surface area contributed by atoms with Gasteiger partial charge in [-0.2, -0.15) is 5.10 Å². The van der Waals surface area contributed by atoms with Gasteiger partial charge in [-0.3, -0.25) is 10.2 Å². The minimum Gasteiger partial charge on any atom is -0.292 e. The molecule has 0 spiro atoms. The molecule has 0 fully saturated rings. The van der Waals surface area contributed by atoms with Gasteiger partial charge in [-0.05, 0) is 19.4 Å². The lowest BCUT2D eigenvalue weighted by Crippen LogP contribution is -2.38. The van der Waals surface area contributed by atoms with E-state index >= 15 is 0 Å². The Kier molecular flexibility index (Phi) is 3.38. The second-order valence-corrected chi connectivity index (χ2v) is 3.97. The van der Waals surface area contributed by atoms with Crippen molar-refractivity contribution in [2.45, 2.75) is 19.9 Å². The van der Waals surface area contributed by atoms with E-state index in [1.54, 1.807) is 18.5 Å². The van der Waals surface area contributed by atoms with Crippen molar-refractivity contribution < 1.29 is 4.79 Å². The Hall–Kier alpha value is -2.21. The number of hydrogen-bond acceptors (Lipinski definition) is 4. The highest BCUT2D eigenvalue weighted by Gasteiger charge is 2.24. The van der Waals surface area contributed by atoms with Gasteiger partial charge in [-0.15, -0.1) is 0 Å². The van der Waals surface area contributed by atoms with Crippen LogP contribution in [0.15, 0.2) is 30.3 Å². The fraction of sp³-hybridized carbons (Fsp3) is 0.250. The van der Waals surface area contributed by atoms with E-state index in [9.17, 15) is 4.79 Å². The van der Waals surface area contributed by atoms with E-state index in [0.717, 1.165) is 5.56 Å². The molecule has 0 radical (unpaired) electrons. The Bertz CT molecular complexity index is 549. The molecule has 1 aromatic carbocycles. The van der Waals surface area contributed by atoms with Gasteiger partial charge in [0.05, 0.1) is 0 Å². The summed E-state index contributed by atoms with van der Waals surface area (Å²) in [6.07, 6.45) is 0. The predicted octanol–water partition coefficient (Wildman–Crippen LogP) is 0.474. The van der Waals surface area contributed by atoms with Crippen molar-refractivity contribution in [1.29, 1.82) is 0 Å². The van der Waals surface area contributed by atoms with Crippen LogP contribution in [0.4, 0.5) is 0 Å². The Morgan fingerprint density at radius 2 is 2.00 bits per heavy atom. The molecule has 0 bridgehead atoms. The van der Waals surface area contributed by atoms with Crippen molar-refractivity contribution in [3.05, 3.63) is 47.5 Å². The third-order valence-corrected chi connectivity index (χ3v) is 2.66. The zero-order chi connectivity index (χ0) is 13.1. The van der Waals surface area contributed by atoms with E-state index < -0.39 is 6.04 Å². The highest BCUT2D eigenvalue weighted by atomic mass is 16.2. The molecule has 2 aromatic rings. The molecule has 94 valence electrons. The molecule has 18 heavy (non-hydrogen) atoms. The number of carbonyl (C=O) groups is 1. The van der Waals surface area contributed by atoms with Crippen molar-refractivity contribution in [2.75, 3.05) is 0 Å². The number of nitrogens with zero attached hydrogens (tertiary/aromatic N) is 3. The maximum Gasteiger partial charge on any atom is 0.263 e. The van der Waals surface area contributed by atoms with Crippen LogP contribution >= 0.6 is 0 Å². The maximum absolute atomic E-state index is 11.9. The lowest BCUT2D eigenvalue weighted by molar-refractivity contribution is -0.123. The van der Waals surface area contributed by atoms with Crippen LogP contribution in [-0.4, -0.2) is 20.7 Å². The Labute approximate surface area is 105 Å². The minimum absolute atomic E-state index is 0.325. The molecule has 6 heteroatoms. The second-order valence-electron chi connectivity index (χ2n) is 3.97. The van der Waals surface area contributed by atoms with Gasteiger partial charge in [-0.1, -0.05) is 30.3 Å². The van der Waals surface area contributed by atoms with Crippen LogP contribution in [-0.2, 0) is 4.79 Å². The van der Waals surface area contributed by atoms with Crippen molar-refractivity contribution in [2.24, 2.45) is 5.84 Å². The molecule has 0 aliphatic heterocycles. The third-order valence-electron chi connectivity index (χ3n) is 2.66. The summed E-state index contributed by atoms with van der Waals surface area (Å²) in [6.45, 7) is 3.59. The molecule has 0 aliphatic carbocycles. The molecule has 1 heterocycles.